The Kier molecular flexibility index (Phi) is 4.22. The minimum atomic E-state index is -4.22. The number of rotatable bonds is 5. The van der Waals surface area contributed by atoms with Crippen LogP contribution in [0.5, 0.6) is 0 Å². The molecule has 17 heavy (non-hydrogen) atoms. The topological polar surface area (TPSA) is 112 Å². The van der Waals surface area contributed by atoms with Gasteiger partial charge in [0.05, 0.1) is 0 Å². The highest BCUT2D eigenvalue weighted by Gasteiger charge is 2.29. The van der Waals surface area contributed by atoms with E-state index in [0.29, 0.717) is 0 Å². The van der Waals surface area contributed by atoms with E-state index in [9.17, 15) is 13.2 Å². The Hall–Kier alpha value is -1.44. The van der Waals surface area contributed by atoms with E-state index < -0.39 is 28.2 Å². The lowest BCUT2D eigenvalue weighted by Crippen LogP contribution is -2.39. The molecular weight excluding hydrogens is 244 g/mol. The molecule has 2 atom stereocenters. The van der Waals surface area contributed by atoms with Crippen molar-refractivity contribution < 1.29 is 17.4 Å². The van der Waals surface area contributed by atoms with Crippen LogP contribution in [0, 0.1) is 0 Å². The van der Waals surface area contributed by atoms with E-state index >= 15 is 0 Å². The molecule has 0 fully saturated rings. The van der Waals surface area contributed by atoms with E-state index in [1.54, 1.807) is 37.3 Å². The van der Waals surface area contributed by atoms with Gasteiger partial charge in [-0.05, 0) is 5.56 Å². The number of hydrogen-bond acceptors (Lipinski definition) is 4. The van der Waals surface area contributed by atoms with Gasteiger partial charge in [-0.15, -0.1) is 0 Å². The van der Waals surface area contributed by atoms with Crippen molar-refractivity contribution in [1.29, 1.82) is 0 Å². The molecule has 0 saturated carbocycles. The number of carbonyl (C=O) groups excluding carboxylic acids is 1. The van der Waals surface area contributed by atoms with Gasteiger partial charge in [0.2, 0.25) is 5.91 Å². The predicted molar refractivity (Wildman–Crippen MR) is 62.0 cm³/mol. The third-order valence-electron chi connectivity index (χ3n) is 2.30. The van der Waals surface area contributed by atoms with Crippen molar-refractivity contribution in [2.45, 2.75) is 18.9 Å². The fourth-order valence-corrected chi connectivity index (χ4v) is 2.00. The average molecular weight is 258 g/mol. The summed E-state index contributed by atoms with van der Waals surface area (Å²) in [7, 11) is -4.22. The van der Waals surface area contributed by atoms with Gasteiger partial charge in [0, 0.05) is 5.92 Å². The molecule has 6 nitrogen and oxygen atoms in total. The Balaban J connectivity index is 2.97. The molecule has 0 aliphatic heterocycles. The van der Waals surface area contributed by atoms with Gasteiger partial charge in [-0.3, -0.25) is 4.79 Å². The van der Waals surface area contributed by atoms with Gasteiger partial charge < -0.3 is 5.73 Å². The van der Waals surface area contributed by atoms with Crippen LogP contribution in [0.25, 0.3) is 0 Å². The zero-order valence-electron chi connectivity index (χ0n) is 9.24. The molecule has 4 N–H and O–H groups in total. The van der Waals surface area contributed by atoms with E-state index in [-0.39, 0.29) is 0 Å². The highest BCUT2D eigenvalue weighted by atomic mass is 32.2. The van der Waals surface area contributed by atoms with Crippen LogP contribution in [0.1, 0.15) is 18.4 Å². The highest BCUT2D eigenvalue weighted by molar-refractivity contribution is 7.84. The Morgan fingerprint density at radius 2 is 1.82 bits per heavy atom. The van der Waals surface area contributed by atoms with E-state index in [0.717, 1.165) is 5.56 Å². The van der Waals surface area contributed by atoms with Gasteiger partial charge in [-0.25, -0.2) is 9.32 Å². The minimum Gasteiger partial charge on any atom is -0.367 e. The van der Waals surface area contributed by atoms with Crippen molar-refractivity contribution in [3.05, 3.63) is 35.9 Å². The molecule has 0 aliphatic carbocycles. The molecule has 0 aliphatic rings. The lowest BCUT2D eigenvalue weighted by atomic mass is 9.95. The molecule has 1 aromatic rings. The molecule has 0 saturated heterocycles. The average Bonchev–Trinajstić information content (AvgIpc) is 2.25. The number of primary amides is 1. The predicted octanol–water partition coefficient (Wildman–Crippen LogP) is -0.136. The summed E-state index contributed by atoms with van der Waals surface area (Å²) in [5, 5.41) is 4.73. The van der Waals surface area contributed by atoms with Crippen molar-refractivity contribution in [2.24, 2.45) is 10.9 Å². The van der Waals surface area contributed by atoms with Gasteiger partial charge in [0.25, 0.3) is 0 Å². The fraction of sp³-hybridized carbons (Fsp3) is 0.300. The van der Waals surface area contributed by atoms with E-state index in [1.807, 2.05) is 0 Å². The van der Waals surface area contributed by atoms with Crippen molar-refractivity contribution in [1.82, 2.24) is 0 Å². The van der Waals surface area contributed by atoms with Gasteiger partial charge in [-0.1, -0.05) is 37.3 Å². The maximum absolute atomic E-state index is 11.2. The molecule has 0 radical (unpaired) electrons. The zero-order valence-corrected chi connectivity index (χ0v) is 10.1. The molecule has 1 rings (SSSR count). The maximum atomic E-state index is 11.2. The minimum absolute atomic E-state index is 0.507. The molecule has 0 heterocycles. The fourth-order valence-electron chi connectivity index (χ4n) is 1.45. The van der Waals surface area contributed by atoms with Gasteiger partial charge in [-0.2, -0.15) is 8.42 Å². The van der Waals surface area contributed by atoms with Gasteiger partial charge >= 0.3 is 10.3 Å². The van der Waals surface area contributed by atoms with E-state index in [4.69, 9.17) is 10.9 Å². The third-order valence-corrected chi connectivity index (χ3v) is 2.77. The SMILES string of the molecule is CC(c1ccccc1)C(OS(N)(=O)=O)C(N)=O. The first-order valence-corrected chi connectivity index (χ1v) is 6.33. The Bertz CT molecular complexity index is 486. The first-order valence-electron chi connectivity index (χ1n) is 4.86. The monoisotopic (exact) mass is 258 g/mol. The van der Waals surface area contributed by atoms with E-state index in [1.165, 1.54) is 0 Å². The summed E-state index contributed by atoms with van der Waals surface area (Å²) < 4.78 is 26.2. The Morgan fingerprint density at radius 1 is 1.29 bits per heavy atom. The molecule has 1 aromatic carbocycles. The van der Waals surface area contributed by atoms with Crippen LogP contribution in [0.3, 0.4) is 0 Å². The molecule has 94 valence electrons. The molecule has 0 spiro atoms. The second-order valence-corrected chi connectivity index (χ2v) is 4.79. The standard InChI is InChI=1S/C10H14N2O4S/c1-7(8-5-3-2-4-6-8)9(10(11)13)16-17(12,14)15/h2-7,9H,1H3,(H2,11,13)(H2,12,14,15). The summed E-state index contributed by atoms with van der Waals surface area (Å²) in [6, 6.07) is 8.82. The second kappa shape index (κ2) is 5.26. The summed E-state index contributed by atoms with van der Waals surface area (Å²) in [5.74, 6) is -1.39. The molecule has 2 unspecified atom stereocenters. The van der Waals surface area contributed by atoms with Gasteiger partial charge in [0.1, 0.15) is 0 Å². The van der Waals surface area contributed by atoms with Crippen molar-refractivity contribution in [3.63, 3.8) is 0 Å². The normalized spacial score (nSPS) is 15.2. The van der Waals surface area contributed by atoms with Crippen LogP contribution < -0.4 is 10.9 Å². The number of benzene rings is 1. The smallest absolute Gasteiger partial charge is 0.334 e. The summed E-state index contributed by atoms with van der Waals surface area (Å²) in [5.41, 5.74) is 5.83. The van der Waals surface area contributed by atoms with Crippen LogP contribution in [0.15, 0.2) is 30.3 Å². The Morgan fingerprint density at radius 3 is 2.24 bits per heavy atom. The molecule has 0 bridgehead atoms. The lowest BCUT2D eigenvalue weighted by molar-refractivity contribution is -0.125. The summed E-state index contributed by atoms with van der Waals surface area (Å²) in [4.78, 5) is 11.2. The molecule has 0 aromatic heterocycles. The van der Waals surface area contributed by atoms with E-state index in [2.05, 4.69) is 4.18 Å². The number of amides is 1. The summed E-state index contributed by atoms with van der Waals surface area (Å²) >= 11 is 0. The summed E-state index contributed by atoms with van der Waals surface area (Å²) in [6.45, 7) is 1.63. The van der Waals surface area contributed by atoms with Crippen LogP contribution >= 0.6 is 0 Å². The first-order chi connectivity index (χ1) is 7.81. The van der Waals surface area contributed by atoms with Crippen molar-refractivity contribution in [2.75, 3.05) is 0 Å². The number of hydrogen-bond donors (Lipinski definition) is 2. The van der Waals surface area contributed by atoms with Gasteiger partial charge in [0.15, 0.2) is 6.10 Å². The highest BCUT2D eigenvalue weighted by Crippen LogP contribution is 2.21. The maximum Gasteiger partial charge on any atom is 0.334 e. The summed E-state index contributed by atoms with van der Waals surface area (Å²) in [6.07, 6.45) is -1.31. The third kappa shape index (κ3) is 4.14. The number of carbonyl (C=O) groups is 1. The van der Waals surface area contributed by atoms with Crippen molar-refractivity contribution in [3.8, 4) is 0 Å². The Labute approximate surface area is 99.8 Å². The molecular formula is C10H14N2O4S. The van der Waals surface area contributed by atoms with Crippen molar-refractivity contribution >= 4 is 16.2 Å². The van der Waals surface area contributed by atoms with Crippen LogP contribution in [0.2, 0.25) is 0 Å². The molecule has 1 amide bonds. The largest absolute Gasteiger partial charge is 0.367 e. The quantitative estimate of drug-likeness (QED) is 0.765. The number of nitrogens with two attached hydrogens (primary N) is 2. The molecule has 7 heteroatoms. The lowest BCUT2D eigenvalue weighted by Gasteiger charge is -2.20. The van der Waals surface area contributed by atoms with Crippen LogP contribution in [-0.2, 0) is 19.3 Å². The first kappa shape index (κ1) is 13.6. The second-order valence-electron chi connectivity index (χ2n) is 3.61. The van der Waals surface area contributed by atoms with Crippen LogP contribution in [0.4, 0.5) is 0 Å². The van der Waals surface area contributed by atoms with Crippen LogP contribution in [-0.4, -0.2) is 20.4 Å². The zero-order chi connectivity index (χ0) is 13.1.